The van der Waals surface area contributed by atoms with Gasteiger partial charge in [0, 0.05) is 25.2 Å². The highest BCUT2D eigenvalue weighted by Crippen LogP contribution is 2.25. The number of anilines is 1. The lowest BCUT2D eigenvalue weighted by Gasteiger charge is -2.31. The monoisotopic (exact) mass is 296 g/mol. The predicted octanol–water partition coefficient (Wildman–Crippen LogP) is 3.80. The predicted molar refractivity (Wildman–Crippen MR) is 79.5 cm³/mol. The molecular weight excluding hydrogens is 274 g/mol. The number of benzene rings is 1. The average Bonchev–Trinajstić information content (AvgIpc) is 2.50. The summed E-state index contributed by atoms with van der Waals surface area (Å²) in [7, 11) is 1.71. The van der Waals surface area contributed by atoms with E-state index in [0.29, 0.717) is 6.54 Å². The smallest absolute Gasteiger partial charge is 0.254 e. The SMILES string of the molecule is CCNc1c(F)cc(C(=O)N(C)C2CCCCC2)cc1F. The van der Waals surface area contributed by atoms with Gasteiger partial charge in [-0.3, -0.25) is 4.79 Å². The first kappa shape index (κ1) is 15.7. The van der Waals surface area contributed by atoms with Crippen LogP contribution in [0, 0.1) is 11.6 Å². The van der Waals surface area contributed by atoms with E-state index in [1.54, 1.807) is 18.9 Å². The summed E-state index contributed by atoms with van der Waals surface area (Å²) in [6.45, 7) is 2.18. The second-order valence-corrected chi connectivity index (χ2v) is 5.55. The lowest BCUT2D eigenvalue weighted by atomic mass is 9.94. The Balaban J connectivity index is 2.18. The van der Waals surface area contributed by atoms with E-state index in [1.807, 2.05) is 0 Å². The zero-order valence-corrected chi connectivity index (χ0v) is 12.6. The molecule has 1 aromatic carbocycles. The van der Waals surface area contributed by atoms with Crippen molar-refractivity contribution in [1.29, 1.82) is 0 Å². The first-order valence-corrected chi connectivity index (χ1v) is 7.54. The fourth-order valence-corrected chi connectivity index (χ4v) is 2.88. The lowest BCUT2D eigenvalue weighted by Crippen LogP contribution is -2.38. The van der Waals surface area contributed by atoms with Crippen molar-refractivity contribution in [3.05, 3.63) is 29.3 Å². The third-order valence-corrected chi connectivity index (χ3v) is 4.09. The van der Waals surface area contributed by atoms with Crippen LogP contribution in [0.15, 0.2) is 12.1 Å². The fourth-order valence-electron chi connectivity index (χ4n) is 2.88. The molecule has 0 radical (unpaired) electrons. The molecule has 116 valence electrons. The molecule has 5 heteroatoms. The Morgan fingerprint density at radius 2 is 1.81 bits per heavy atom. The Bertz CT molecular complexity index is 490. The van der Waals surface area contributed by atoms with Gasteiger partial charge in [-0.2, -0.15) is 0 Å². The molecule has 0 atom stereocenters. The number of carbonyl (C=O) groups is 1. The van der Waals surface area contributed by atoms with Gasteiger partial charge in [0.15, 0.2) is 0 Å². The molecule has 2 rings (SSSR count). The number of hydrogen-bond acceptors (Lipinski definition) is 2. The first-order valence-electron chi connectivity index (χ1n) is 7.54. The molecular formula is C16H22F2N2O. The molecule has 0 heterocycles. The van der Waals surface area contributed by atoms with Crippen molar-refractivity contribution in [2.45, 2.75) is 45.1 Å². The van der Waals surface area contributed by atoms with E-state index in [0.717, 1.165) is 37.8 Å². The minimum atomic E-state index is -0.725. The maximum atomic E-state index is 13.9. The summed E-state index contributed by atoms with van der Waals surface area (Å²) in [5.41, 5.74) is -0.103. The van der Waals surface area contributed by atoms with E-state index in [-0.39, 0.29) is 23.2 Å². The number of hydrogen-bond donors (Lipinski definition) is 1. The minimum absolute atomic E-state index is 0.0692. The quantitative estimate of drug-likeness (QED) is 0.916. The molecule has 1 aliphatic carbocycles. The molecule has 0 saturated heterocycles. The normalized spacial score (nSPS) is 15.8. The average molecular weight is 296 g/mol. The van der Waals surface area contributed by atoms with Crippen molar-refractivity contribution >= 4 is 11.6 Å². The molecule has 0 spiro atoms. The van der Waals surface area contributed by atoms with Gasteiger partial charge in [-0.25, -0.2) is 8.78 Å². The second kappa shape index (κ2) is 6.87. The molecule has 0 aromatic heterocycles. The van der Waals surface area contributed by atoms with Crippen LogP contribution in [0.2, 0.25) is 0 Å². The van der Waals surface area contributed by atoms with Crippen LogP contribution in [0.1, 0.15) is 49.4 Å². The highest BCUT2D eigenvalue weighted by molar-refractivity contribution is 5.94. The van der Waals surface area contributed by atoms with Crippen molar-refractivity contribution < 1.29 is 13.6 Å². The van der Waals surface area contributed by atoms with E-state index in [9.17, 15) is 13.6 Å². The Hall–Kier alpha value is -1.65. The van der Waals surface area contributed by atoms with E-state index in [1.165, 1.54) is 6.42 Å². The molecule has 1 aliphatic rings. The first-order chi connectivity index (χ1) is 10.0. The molecule has 1 saturated carbocycles. The Kier molecular flexibility index (Phi) is 5.15. The third-order valence-electron chi connectivity index (χ3n) is 4.09. The Morgan fingerprint density at radius 1 is 1.24 bits per heavy atom. The molecule has 1 N–H and O–H groups in total. The number of nitrogens with zero attached hydrogens (tertiary/aromatic N) is 1. The van der Waals surface area contributed by atoms with Gasteiger partial charge < -0.3 is 10.2 Å². The molecule has 0 unspecified atom stereocenters. The van der Waals surface area contributed by atoms with Gasteiger partial charge in [0.1, 0.15) is 17.3 Å². The highest BCUT2D eigenvalue weighted by Gasteiger charge is 2.24. The van der Waals surface area contributed by atoms with Crippen LogP contribution in [0.4, 0.5) is 14.5 Å². The van der Waals surface area contributed by atoms with Gasteiger partial charge in [-0.05, 0) is 31.9 Å². The summed E-state index contributed by atoms with van der Waals surface area (Å²) in [5.74, 6) is -1.77. The number of rotatable bonds is 4. The number of amides is 1. The summed E-state index contributed by atoms with van der Waals surface area (Å²) in [6.07, 6.45) is 5.32. The van der Waals surface area contributed by atoms with Crippen molar-refractivity contribution in [1.82, 2.24) is 4.90 Å². The zero-order valence-electron chi connectivity index (χ0n) is 12.6. The summed E-state index contributed by atoms with van der Waals surface area (Å²) in [4.78, 5) is 14.0. The van der Waals surface area contributed by atoms with Crippen LogP contribution < -0.4 is 5.32 Å². The summed E-state index contributed by atoms with van der Waals surface area (Å²) < 4.78 is 27.8. The van der Waals surface area contributed by atoms with Crippen LogP contribution in [0.25, 0.3) is 0 Å². The van der Waals surface area contributed by atoms with E-state index >= 15 is 0 Å². The molecule has 0 aliphatic heterocycles. The maximum Gasteiger partial charge on any atom is 0.254 e. The second-order valence-electron chi connectivity index (χ2n) is 5.55. The van der Waals surface area contributed by atoms with Crippen molar-refractivity contribution in [2.24, 2.45) is 0 Å². The fraction of sp³-hybridized carbons (Fsp3) is 0.562. The molecule has 0 bridgehead atoms. The lowest BCUT2D eigenvalue weighted by molar-refractivity contribution is 0.0695. The Labute approximate surface area is 124 Å². The summed E-state index contributed by atoms with van der Waals surface area (Å²) in [6, 6.07) is 2.40. The van der Waals surface area contributed by atoms with Crippen molar-refractivity contribution in [3.8, 4) is 0 Å². The van der Waals surface area contributed by atoms with Crippen LogP contribution >= 0.6 is 0 Å². The van der Waals surface area contributed by atoms with Gasteiger partial charge in [-0.1, -0.05) is 19.3 Å². The molecule has 1 fully saturated rings. The van der Waals surface area contributed by atoms with E-state index in [4.69, 9.17) is 0 Å². The van der Waals surface area contributed by atoms with Crippen molar-refractivity contribution in [3.63, 3.8) is 0 Å². The molecule has 21 heavy (non-hydrogen) atoms. The topological polar surface area (TPSA) is 32.3 Å². The van der Waals surface area contributed by atoms with Crippen LogP contribution in [0.3, 0.4) is 0 Å². The number of halogens is 2. The molecule has 1 aromatic rings. The van der Waals surface area contributed by atoms with E-state index in [2.05, 4.69) is 5.32 Å². The van der Waals surface area contributed by atoms with Crippen LogP contribution in [-0.4, -0.2) is 30.4 Å². The number of carbonyl (C=O) groups excluding carboxylic acids is 1. The zero-order chi connectivity index (χ0) is 15.4. The minimum Gasteiger partial charge on any atom is -0.381 e. The number of nitrogens with one attached hydrogen (secondary N) is 1. The highest BCUT2D eigenvalue weighted by atomic mass is 19.1. The Morgan fingerprint density at radius 3 is 2.33 bits per heavy atom. The van der Waals surface area contributed by atoms with Gasteiger partial charge in [0.25, 0.3) is 5.91 Å². The van der Waals surface area contributed by atoms with Crippen LogP contribution in [-0.2, 0) is 0 Å². The standard InChI is InChI=1S/C16H22F2N2O/c1-3-19-15-13(17)9-11(10-14(15)18)16(21)20(2)12-7-5-4-6-8-12/h9-10,12,19H,3-8H2,1-2H3. The van der Waals surface area contributed by atoms with Gasteiger partial charge in [0.2, 0.25) is 0 Å². The maximum absolute atomic E-state index is 13.9. The van der Waals surface area contributed by atoms with Gasteiger partial charge in [0.05, 0.1) is 0 Å². The largest absolute Gasteiger partial charge is 0.381 e. The molecule has 3 nitrogen and oxygen atoms in total. The third kappa shape index (κ3) is 3.52. The van der Waals surface area contributed by atoms with Crippen LogP contribution in [0.5, 0.6) is 0 Å². The summed E-state index contributed by atoms with van der Waals surface area (Å²) in [5, 5.41) is 2.63. The molecule has 1 amide bonds. The van der Waals surface area contributed by atoms with Crippen molar-refractivity contribution in [2.75, 3.05) is 18.9 Å². The summed E-state index contributed by atoms with van der Waals surface area (Å²) >= 11 is 0. The van der Waals surface area contributed by atoms with Gasteiger partial charge in [-0.15, -0.1) is 0 Å². The van der Waals surface area contributed by atoms with Gasteiger partial charge >= 0.3 is 0 Å². The van der Waals surface area contributed by atoms with E-state index < -0.39 is 11.6 Å².